The normalized spacial score (nSPS) is 13.7. The molecule has 0 saturated carbocycles. The Hall–Kier alpha value is -1.97. The van der Waals surface area contributed by atoms with Gasteiger partial charge in [0, 0.05) is 18.9 Å². The van der Waals surface area contributed by atoms with E-state index in [4.69, 9.17) is 13.7 Å². The van der Waals surface area contributed by atoms with Gasteiger partial charge in [0.05, 0.1) is 9.99 Å². The number of aromatic nitrogens is 1. The van der Waals surface area contributed by atoms with Gasteiger partial charge in [0.15, 0.2) is 0 Å². The first-order chi connectivity index (χ1) is 19.5. The minimum atomic E-state index is -2.70. The summed E-state index contributed by atoms with van der Waals surface area (Å²) in [5, 5.41) is 6.88. The zero-order chi connectivity index (χ0) is 31.2. The highest BCUT2D eigenvalue weighted by Gasteiger charge is 2.50. The Balaban J connectivity index is 1.92. The molecule has 0 spiro atoms. The van der Waals surface area contributed by atoms with Crippen LogP contribution in [-0.2, 0) is 20.4 Å². The fraction of sp³-hybridized carbons (Fsp3) is 0.543. The van der Waals surface area contributed by atoms with Crippen molar-refractivity contribution in [3.05, 3.63) is 75.7 Å². The third kappa shape index (κ3) is 9.26. The summed E-state index contributed by atoms with van der Waals surface area (Å²) in [4.78, 5) is 13.1. The van der Waals surface area contributed by atoms with Gasteiger partial charge in [-0.1, -0.05) is 107 Å². The lowest BCUT2D eigenvalue weighted by atomic mass is 9.89. The molecule has 1 heterocycles. The van der Waals surface area contributed by atoms with Gasteiger partial charge in [-0.2, -0.15) is 0 Å². The lowest BCUT2D eigenvalue weighted by molar-refractivity contribution is -0.155. The van der Waals surface area contributed by atoms with Gasteiger partial charge in [-0.05, 0) is 83.5 Å². The van der Waals surface area contributed by atoms with Crippen LogP contribution in [0, 0.1) is 8.99 Å². The molecule has 1 atom stereocenters. The maximum Gasteiger partial charge on any atom is 0.306 e. The zero-order valence-electron chi connectivity index (χ0n) is 27.1. The van der Waals surface area contributed by atoms with E-state index < -0.39 is 13.9 Å². The molecule has 0 radical (unpaired) electrons. The summed E-state index contributed by atoms with van der Waals surface area (Å²) in [7, 11) is -2.70. The standard InChI is InChI=1S/C35H50INO4Si/c1-33(2,3)23-16-21-29-31(36)32(37-41-29)26(25-30(38)40-34(4,5)6)22-24-39-42(35(7,8)9,27-17-12-10-13-18-27)28-19-14-11-15-20-28/h10-15,17-20,26H,16,21-25H2,1-9H3. The smallest absolute Gasteiger partial charge is 0.306 e. The zero-order valence-corrected chi connectivity index (χ0v) is 30.2. The number of nitrogens with zero attached hydrogens (tertiary/aromatic N) is 1. The summed E-state index contributed by atoms with van der Waals surface area (Å²) in [6.45, 7) is 19.8. The van der Waals surface area contributed by atoms with Gasteiger partial charge < -0.3 is 13.7 Å². The van der Waals surface area contributed by atoms with Gasteiger partial charge in [0.2, 0.25) is 0 Å². The fourth-order valence-electron chi connectivity index (χ4n) is 5.55. The van der Waals surface area contributed by atoms with E-state index in [1.165, 1.54) is 10.4 Å². The number of rotatable bonds is 12. The second-order valence-corrected chi connectivity index (χ2v) is 19.9. The summed E-state index contributed by atoms with van der Waals surface area (Å²) in [6.07, 6.45) is 3.83. The molecule has 0 saturated heterocycles. The molecule has 0 fully saturated rings. The summed E-state index contributed by atoms with van der Waals surface area (Å²) in [5.74, 6) is 0.494. The van der Waals surface area contributed by atoms with E-state index in [0.29, 0.717) is 13.0 Å². The quantitative estimate of drug-likeness (QED) is 0.108. The Kier molecular flexibility index (Phi) is 11.7. The Morgan fingerprint density at radius 1 is 0.905 bits per heavy atom. The van der Waals surface area contributed by atoms with Crippen LogP contribution in [0.5, 0.6) is 0 Å². The first kappa shape index (κ1) is 34.5. The Labute approximate surface area is 268 Å². The van der Waals surface area contributed by atoms with Crippen molar-refractivity contribution in [1.29, 1.82) is 0 Å². The first-order valence-electron chi connectivity index (χ1n) is 15.1. The third-order valence-electron chi connectivity index (χ3n) is 7.48. The van der Waals surface area contributed by atoms with Gasteiger partial charge in [0.25, 0.3) is 8.32 Å². The lowest BCUT2D eigenvalue weighted by Crippen LogP contribution is -2.66. The molecule has 3 rings (SSSR count). The summed E-state index contributed by atoms with van der Waals surface area (Å²) in [5.41, 5.74) is 0.548. The molecule has 7 heteroatoms. The maximum absolute atomic E-state index is 13.1. The SMILES string of the molecule is CC(C)(C)CCCc1onc(C(CCO[Si](c2ccccc2)(c2ccccc2)C(C)(C)C)CC(=O)OC(C)(C)C)c1I. The van der Waals surface area contributed by atoms with Crippen LogP contribution in [0.2, 0.25) is 5.04 Å². The van der Waals surface area contributed by atoms with Crippen LogP contribution in [-0.4, -0.2) is 31.7 Å². The number of aryl methyl sites for hydroxylation is 1. The second-order valence-electron chi connectivity index (χ2n) is 14.5. The van der Waals surface area contributed by atoms with E-state index in [1.54, 1.807) is 0 Å². The number of halogens is 1. The molecule has 0 aliphatic carbocycles. The van der Waals surface area contributed by atoms with Crippen LogP contribution in [0.25, 0.3) is 0 Å². The number of benzene rings is 2. The van der Waals surface area contributed by atoms with Crippen LogP contribution in [0.15, 0.2) is 65.2 Å². The van der Waals surface area contributed by atoms with Crippen molar-refractivity contribution in [1.82, 2.24) is 5.16 Å². The highest BCUT2D eigenvalue weighted by Crippen LogP contribution is 2.38. The van der Waals surface area contributed by atoms with E-state index in [0.717, 1.165) is 34.3 Å². The van der Waals surface area contributed by atoms with Crippen molar-refractivity contribution in [3.63, 3.8) is 0 Å². The predicted octanol–water partition coefficient (Wildman–Crippen LogP) is 8.43. The van der Waals surface area contributed by atoms with Crippen molar-refractivity contribution in [3.8, 4) is 0 Å². The van der Waals surface area contributed by atoms with E-state index in [9.17, 15) is 4.79 Å². The molecular formula is C35H50INO4Si. The molecule has 0 aliphatic rings. The molecule has 42 heavy (non-hydrogen) atoms. The summed E-state index contributed by atoms with van der Waals surface area (Å²) in [6, 6.07) is 21.3. The van der Waals surface area contributed by atoms with Gasteiger partial charge in [-0.25, -0.2) is 0 Å². The monoisotopic (exact) mass is 703 g/mol. The molecule has 230 valence electrons. The van der Waals surface area contributed by atoms with E-state index in [-0.39, 0.29) is 28.8 Å². The number of carbonyl (C=O) groups excluding carboxylic acids is 1. The highest BCUT2D eigenvalue weighted by molar-refractivity contribution is 14.1. The van der Waals surface area contributed by atoms with Crippen molar-refractivity contribution >= 4 is 47.3 Å². The molecule has 1 aromatic heterocycles. The Morgan fingerprint density at radius 2 is 1.45 bits per heavy atom. The molecule has 0 bridgehead atoms. The van der Waals surface area contributed by atoms with Crippen LogP contribution >= 0.6 is 22.6 Å². The molecule has 3 aromatic rings. The van der Waals surface area contributed by atoms with Gasteiger partial charge in [-0.15, -0.1) is 0 Å². The molecule has 0 aliphatic heterocycles. The van der Waals surface area contributed by atoms with Crippen molar-refractivity contribution in [2.75, 3.05) is 6.61 Å². The first-order valence-corrected chi connectivity index (χ1v) is 18.1. The fourth-order valence-corrected chi connectivity index (χ4v) is 11.0. The van der Waals surface area contributed by atoms with Crippen LogP contribution < -0.4 is 10.4 Å². The maximum atomic E-state index is 13.1. The lowest BCUT2D eigenvalue weighted by Gasteiger charge is -2.43. The van der Waals surface area contributed by atoms with Gasteiger partial charge in [-0.3, -0.25) is 4.79 Å². The van der Waals surface area contributed by atoms with E-state index >= 15 is 0 Å². The van der Waals surface area contributed by atoms with Crippen molar-refractivity contribution < 1.29 is 18.5 Å². The Bertz CT molecular complexity index is 1230. The summed E-state index contributed by atoms with van der Waals surface area (Å²) < 4.78 is 19.8. The van der Waals surface area contributed by atoms with Gasteiger partial charge in [0.1, 0.15) is 17.1 Å². The van der Waals surface area contributed by atoms with E-state index in [1.807, 2.05) is 20.8 Å². The van der Waals surface area contributed by atoms with Crippen LogP contribution in [0.3, 0.4) is 0 Å². The van der Waals surface area contributed by atoms with E-state index in [2.05, 4.69) is 130 Å². The molecule has 0 amide bonds. The highest BCUT2D eigenvalue weighted by atomic mass is 127. The van der Waals surface area contributed by atoms with Crippen LogP contribution in [0.4, 0.5) is 0 Å². The minimum absolute atomic E-state index is 0.126. The molecule has 1 unspecified atom stereocenters. The number of ether oxygens (including phenoxy) is 1. The summed E-state index contributed by atoms with van der Waals surface area (Å²) >= 11 is 2.35. The number of carbonyl (C=O) groups is 1. The largest absolute Gasteiger partial charge is 0.460 e. The van der Waals surface area contributed by atoms with Gasteiger partial charge >= 0.3 is 5.97 Å². The average Bonchev–Trinajstić information content (AvgIpc) is 3.24. The molecule has 0 N–H and O–H groups in total. The second kappa shape index (κ2) is 14.2. The van der Waals surface area contributed by atoms with Crippen LogP contribution in [0.1, 0.15) is 105 Å². The number of hydrogen-bond acceptors (Lipinski definition) is 5. The molecule has 2 aromatic carbocycles. The number of esters is 1. The van der Waals surface area contributed by atoms with Crippen molar-refractivity contribution in [2.24, 2.45) is 5.41 Å². The predicted molar refractivity (Wildman–Crippen MR) is 183 cm³/mol. The minimum Gasteiger partial charge on any atom is -0.460 e. The third-order valence-corrected chi connectivity index (χ3v) is 13.7. The van der Waals surface area contributed by atoms with Crippen molar-refractivity contribution in [2.45, 2.75) is 111 Å². The molecule has 5 nitrogen and oxygen atoms in total. The average molecular weight is 704 g/mol. The topological polar surface area (TPSA) is 61.6 Å². The molecular weight excluding hydrogens is 653 g/mol. The Morgan fingerprint density at radius 3 is 1.93 bits per heavy atom. The number of hydrogen-bond donors (Lipinski definition) is 0.